The summed E-state index contributed by atoms with van der Waals surface area (Å²) >= 11 is 0. The third-order valence-electron chi connectivity index (χ3n) is 4.06. The molecule has 0 heterocycles. The summed E-state index contributed by atoms with van der Waals surface area (Å²) in [6.07, 6.45) is 7.27. The van der Waals surface area contributed by atoms with E-state index in [-0.39, 0.29) is 5.91 Å². The molecule has 2 rings (SSSR count). The molecule has 1 atom stereocenters. The zero-order valence-corrected chi connectivity index (χ0v) is 10.7. The van der Waals surface area contributed by atoms with Gasteiger partial charge in [0.15, 0.2) is 0 Å². The number of ether oxygens (including phenoxy) is 1. The predicted molar refractivity (Wildman–Crippen MR) is 66.5 cm³/mol. The number of rotatable bonds is 7. The van der Waals surface area contributed by atoms with E-state index in [1.54, 1.807) is 0 Å². The summed E-state index contributed by atoms with van der Waals surface area (Å²) in [5.74, 6) is 0.126. The lowest BCUT2D eigenvalue weighted by molar-refractivity contribution is -0.129. The third kappa shape index (κ3) is 2.80. The molecule has 0 radical (unpaired) electrons. The smallest absolute Gasteiger partial charge is 0.240 e. The molecule has 4 heteroatoms. The first-order valence-electron chi connectivity index (χ1n) is 6.85. The molecule has 4 nitrogen and oxygen atoms in total. The van der Waals surface area contributed by atoms with Crippen LogP contribution >= 0.6 is 0 Å². The fourth-order valence-corrected chi connectivity index (χ4v) is 2.87. The first-order valence-corrected chi connectivity index (χ1v) is 6.85. The van der Waals surface area contributed by atoms with Crippen LogP contribution in [0.4, 0.5) is 0 Å². The van der Waals surface area contributed by atoms with Crippen molar-refractivity contribution < 1.29 is 9.53 Å². The SMILES string of the molecule is CCNC(COC1CCCC1)(C(N)=O)C1CC1. The van der Waals surface area contributed by atoms with Crippen LogP contribution in [0.1, 0.15) is 45.4 Å². The van der Waals surface area contributed by atoms with Crippen LogP contribution in [-0.4, -0.2) is 30.7 Å². The second-order valence-corrected chi connectivity index (χ2v) is 5.36. The van der Waals surface area contributed by atoms with Gasteiger partial charge in [-0.2, -0.15) is 0 Å². The number of nitrogens with two attached hydrogens (primary N) is 1. The maximum atomic E-state index is 11.8. The van der Waals surface area contributed by atoms with Crippen LogP contribution in [0.25, 0.3) is 0 Å². The Morgan fingerprint density at radius 3 is 2.47 bits per heavy atom. The van der Waals surface area contributed by atoms with Crippen LogP contribution in [0, 0.1) is 5.92 Å². The van der Waals surface area contributed by atoms with E-state index in [1.165, 1.54) is 12.8 Å². The Bertz CT molecular complexity index is 273. The van der Waals surface area contributed by atoms with Gasteiger partial charge in [0.05, 0.1) is 12.7 Å². The summed E-state index contributed by atoms with van der Waals surface area (Å²) in [5, 5.41) is 3.28. The zero-order chi connectivity index (χ0) is 12.3. The van der Waals surface area contributed by atoms with Crippen molar-refractivity contribution in [1.82, 2.24) is 5.32 Å². The van der Waals surface area contributed by atoms with E-state index in [9.17, 15) is 4.79 Å². The molecule has 0 spiro atoms. The molecule has 0 aliphatic heterocycles. The Hall–Kier alpha value is -0.610. The largest absolute Gasteiger partial charge is 0.376 e. The number of amides is 1. The van der Waals surface area contributed by atoms with Crippen molar-refractivity contribution in [1.29, 1.82) is 0 Å². The number of hydrogen-bond acceptors (Lipinski definition) is 3. The van der Waals surface area contributed by atoms with E-state index in [0.717, 1.165) is 32.2 Å². The Labute approximate surface area is 103 Å². The highest BCUT2D eigenvalue weighted by Crippen LogP contribution is 2.40. The van der Waals surface area contributed by atoms with Gasteiger partial charge in [-0.1, -0.05) is 19.8 Å². The fraction of sp³-hybridized carbons (Fsp3) is 0.923. The van der Waals surface area contributed by atoms with E-state index in [4.69, 9.17) is 10.5 Å². The van der Waals surface area contributed by atoms with E-state index in [0.29, 0.717) is 18.6 Å². The van der Waals surface area contributed by atoms with Gasteiger partial charge in [-0.05, 0) is 38.1 Å². The second-order valence-electron chi connectivity index (χ2n) is 5.36. The Morgan fingerprint density at radius 1 is 1.35 bits per heavy atom. The summed E-state index contributed by atoms with van der Waals surface area (Å²) in [7, 11) is 0. The van der Waals surface area contributed by atoms with Crippen LogP contribution in [-0.2, 0) is 9.53 Å². The molecule has 0 bridgehead atoms. The fourth-order valence-electron chi connectivity index (χ4n) is 2.87. The lowest BCUT2D eigenvalue weighted by Gasteiger charge is -2.32. The average molecular weight is 240 g/mol. The summed E-state index contributed by atoms with van der Waals surface area (Å²) in [5.41, 5.74) is 4.99. The number of likely N-dealkylation sites (N-methyl/N-ethyl adjacent to an activating group) is 1. The monoisotopic (exact) mass is 240 g/mol. The molecular weight excluding hydrogens is 216 g/mol. The van der Waals surface area contributed by atoms with Crippen molar-refractivity contribution in [3.63, 3.8) is 0 Å². The number of carbonyl (C=O) groups is 1. The molecule has 2 saturated carbocycles. The highest BCUT2D eigenvalue weighted by atomic mass is 16.5. The highest BCUT2D eigenvalue weighted by Gasteiger charge is 2.50. The molecule has 2 aliphatic rings. The topological polar surface area (TPSA) is 64.3 Å². The van der Waals surface area contributed by atoms with Gasteiger partial charge in [0.1, 0.15) is 5.54 Å². The molecule has 0 aromatic rings. The number of primary amides is 1. The summed E-state index contributed by atoms with van der Waals surface area (Å²) in [4.78, 5) is 11.8. The van der Waals surface area contributed by atoms with Gasteiger partial charge in [-0.25, -0.2) is 0 Å². The molecule has 0 aromatic carbocycles. The summed E-state index contributed by atoms with van der Waals surface area (Å²) < 4.78 is 5.92. The molecular formula is C13H24N2O2. The lowest BCUT2D eigenvalue weighted by Crippen LogP contribution is -2.60. The maximum Gasteiger partial charge on any atom is 0.240 e. The van der Waals surface area contributed by atoms with Gasteiger partial charge in [-0.15, -0.1) is 0 Å². The maximum absolute atomic E-state index is 11.8. The van der Waals surface area contributed by atoms with Gasteiger partial charge in [0, 0.05) is 0 Å². The normalized spacial score (nSPS) is 24.8. The van der Waals surface area contributed by atoms with Crippen LogP contribution in [0.3, 0.4) is 0 Å². The Kier molecular flexibility index (Phi) is 4.05. The molecule has 3 N–H and O–H groups in total. The quantitative estimate of drug-likeness (QED) is 0.702. The highest BCUT2D eigenvalue weighted by molar-refractivity contribution is 5.85. The van der Waals surface area contributed by atoms with Crippen LogP contribution in [0.15, 0.2) is 0 Å². The Morgan fingerprint density at radius 2 is 2.00 bits per heavy atom. The first kappa shape index (κ1) is 12.8. The van der Waals surface area contributed by atoms with Gasteiger partial charge < -0.3 is 15.8 Å². The van der Waals surface area contributed by atoms with Crippen molar-refractivity contribution in [2.75, 3.05) is 13.2 Å². The summed E-state index contributed by atoms with van der Waals surface area (Å²) in [6.45, 7) is 3.22. The van der Waals surface area contributed by atoms with Gasteiger partial charge >= 0.3 is 0 Å². The van der Waals surface area contributed by atoms with E-state index < -0.39 is 5.54 Å². The molecule has 98 valence electrons. The van der Waals surface area contributed by atoms with Gasteiger partial charge in [0.25, 0.3) is 0 Å². The van der Waals surface area contributed by atoms with Crippen molar-refractivity contribution >= 4 is 5.91 Å². The molecule has 1 unspecified atom stereocenters. The van der Waals surface area contributed by atoms with Crippen molar-refractivity contribution in [3.05, 3.63) is 0 Å². The van der Waals surface area contributed by atoms with Gasteiger partial charge in [-0.3, -0.25) is 4.79 Å². The average Bonchev–Trinajstić information content (AvgIpc) is 3.02. The second kappa shape index (κ2) is 5.36. The van der Waals surface area contributed by atoms with Crippen LogP contribution < -0.4 is 11.1 Å². The standard InChI is InChI=1S/C13H24N2O2/c1-2-15-13(12(14)16,10-7-8-10)9-17-11-5-3-4-6-11/h10-11,15H,2-9H2,1H3,(H2,14,16). The first-order chi connectivity index (χ1) is 8.19. The zero-order valence-electron chi connectivity index (χ0n) is 10.7. The Balaban J connectivity index is 1.95. The van der Waals surface area contributed by atoms with E-state index >= 15 is 0 Å². The van der Waals surface area contributed by atoms with Gasteiger partial charge in [0.2, 0.25) is 5.91 Å². The number of carbonyl (C=O) groups excluding carboxylic acids is 1. The van der Waals surface area contributed by atoms with E-state index in [1.807, 2.05) is 6.92 Å². The van der Waals surface area contributed by atoms with Crippen LogP contribution in [0.5, 0.6) is 0 Å². The minimum Gasteiger partial charge on any atom is -0.376 e. The molecule has 2 fully saturated rings. The van der Waals surface area contributed by atoms with E-state index in [2.05, 4.69) is 5.32 Å². The minimum absolute atomic E-state index is 0.250. The molecule has 2 aliphatic carbocycles. The minimum atomic E-state index is -0.614. The molecule has 0 saturated heterocycles. The van der Waals surface area contributed by atoms with Crippen molar-refractivity contribution in [2.45, 2.75) is 57.1 Å². The third-order valence-corrected chi connectivity index (χ3v) is 4.06. The molecule has 0 aromatic heterocycles. The van der Waals surface area contributed by atoms with Crippen LogP contribution in [0.2, 0.25) is 0 Å². The molecule has 1 amide bonds. The predicted octanol–water partition coefficient (Wildman–Crippen LogP) is 1.19. The lowest BCUT2D eigenvalue weighted by atomic mass is 9.93. The number of nitrogens with one attached hydrogen (secondary N) is 1. The van der Waals surface area contributed by atoms with Crippen molar-refractivity contribution in [2.24, 2.45) is 11.7 Å². The summed E-state index contributed by atoms with van der Waals surface area (Å²) in [6, 6.07) is 0. The number of hydrogen-bond donors (Lipinski definition) is 2. The van der Waals surface area contributed by atoms with Crippen molar-refractivity contribution in [3.8, 4) is 0 Å². The molecule has 17 heavy (non-hydrogen) atoms.